The molecule has 0 bridgehead atoms. The maximum atomic E-state index is 12.8. The van der Waals surface area contributed by atoms with Crippen LogP contribution in [0.4, 0.5) is 0 Å². The molecule has 7 heteroatoms. The third-order valence-electron chi connectivity index (χ3n) is 5.44. The highest BCUT2D eigenvalue weighted by atomic mass is 16.2. The molecule has 4 rings (SSSR count). The van der Waals surface area contributed by atoms with Gasteiger partial charge in [-0.15, -0.1) is 0 Å². The maximum Gasteiger partial charge on any atom is 0.251 e. The normalized spacial score (nSPS) is 19.7. The summed E-state index contributed by atoms with van der Waals surface area (Å²) in [4.78, 5) is 31.4. The van der Waals surface area contributed by atoms with E-state index in [-0.39, 0.29) is 29.8 Å². The van der Waals surface area contributed by atoms with Crippen LogP contribution in [0.15, 0.2) is 30.6 Å². The number of nitrogens with zero attached hydrogens (tertiary/aromatic N) is 4. The molecule has 2 amide bonds. The Balaban J connectivity index is 1.45. The second-order valence-corrected chi connectivity index (χ2v) is 8.07. The molecular weight excluding hydrogens is 354 g/mol. The van der Waals surface area contributed by atoms with E-state index in [1.54, 1.807) is 0 Å². The van der Waals surface area contributed by atoms with Gasteiger partial charge in [0, 0.05) is 42.2 Å². The first-order valence-electron chi connectivity index (χ1n) is 10.1. The van der Waals surface area contributed by atoms with Gasteiger partial charge in [0.15, 0.2) is 5.82 Å². The lowest BCUT2D eigenvalue weighted by Crippen LogP contribution is -2.50. The lowest BCUT2D eigenvalue weighted by Gasteiger charge is -2.33. The standard InChI is InChI=1S/C21H27N5O2/c1-14(2)26-19(22-13-23-26)16-5-3-6-17(11-16)20(27)24-18-7-4-10-25(12-18)21(28)15-8-9-15/h3,5-6,11,13-15,18H,4,7-10,12H2,1-2H3,(H,24,27). The van der Waals surface area contributed by atoms with Gasteiger partial charge in [-0.2, -0.15) is 5.10 Å². The summed E-state index contributed by atoms with van der Waals surface area (Å²) in [5.41, 5.74) is 1.47. The van der Waals surface area contributed by atoms with Crippen LogP contribution in [0.2, 0.25) is 0 Å². The van der Waals surface area contributed by atoms with Gasteiger partial charge in [0.1, 0.15) is 6.33 Å². The van der Waals surface area contributed by atoms with Crippen LogP contribution in [0.25, 0.3) is 11.4 Å². The van der Waals surface area contributed by atoms with Crippen LogP contribution in [0.3, 0.4) is 0 Å². The summed E-state index contributed by atoms with van der Waals surface area (Å²) >= 11 is 0. The number of likely N-dealkylation sites (tertiary alicyclic amines) is 1. The second-order valence-electron chi connectivity index (χ2n) is 8.07. The molecule has 7 nitrogen and oxygen atoms in total. The average molecular weight is 381 g/mol. The Morgan fingerprint density at radius 3 is 2.79 bits per heavy atom. The topological polar surface area (TPSA) is 80.1 Å². The van der Waals surface area contributed by atoms with Crippen molar-refractivity contribution in [1.29, 1.82) is 0 Å². The van der Waals surface area contributed by atoms with Gasteiger partial charge >= 0.3 is 0 Å². The minimum absolute atomic E-state index is 0.00641. The van der Waals surface area contributed by atoms with Gasteiger partial charge in [-0.25, -0.2) is 9.67 Å². The predicted molar refractivity (Wildman–Crippen MR) is 106 cm³/mol. The Hall–Kier alpha value is -2.70. The number of nitrogens with one attached hydrogen (secondary N) is 1. The van der Waals surface area contributed by atoms with E-state index in [4.69, 9.17) is 0 Å². The maximum absolute atomic E-state index is 12.8. The van der Waals surface area contributed by atoms with Gasteiger partial charge in [0.05, 0.1) is 0 Å². The first-order valence-corrected chi connectivity index (χ1v) is 10.1. The Labute approximate surface area is 165 Å². The molecule has 1 aliphatic heterocycles. The number of hydrogen-bond acceptors (Lipinski definition) is 4. The number of carbonyl (C=O) groups excluding carboxylic acids is 2. The van der Waals surface area contributed by atoms with Crippen molar-refractivity contribution in [2.24, 2.45) is 5.92 Å². The highest BCUT2D eigenvalue weighted by Gasteiger charge is 2.35. The van der Waals surface area contributed by atoms with Crippen molar-refractivity contribution in [2.75, 3.05) is 13.1 Å². The molecule has 148 valence electrons. The van der Waals surface area contributed by atoms with E-state index in [0.717, 1.165) is 43.6 Å². The van der Waals surface area contributed by atoms with E-state index in [0.29, 0.717) is 12.1 Å². The quantitative estimate of drug-likeness (QED) is 0.863. The monoisotopic (exact) mass is 381 g/mol. The molecule has 2 heterocycles. The highest BCUT2D eigenvalue weighted by Crippen LogP contribution is 2.32. The minimum Gasteiger partial charge on any atom is -0.348 e. The van der Waals surface area contributed by atoms with Gasteiger partial charge in [-0.3, -0.25) is 9.59 Å². The number of rotatable bonds is 5. The summed E-state index contributed by atoms with van der Waals surface area (Å²) < 4.78 is 1.85. The molecule has 0 radical (unpaired) electrons. The van der Waals surface area contributed by atoms with E-state index in [1.165, 1.54) is 6.33 Å². The van der Waals surface area contributed by atoms with Crippen molar-refractivity contribution < 1.29 is 9.59 Å². The number of amides is 2. The Morgan fingerprint density at radius 2 is 2.04 bits per heavy atom. The number of hydrogen-bond donors (Lipinski definition) is 1. The molecule has 1 aromatic heterocycles. The molecule has 2 aromatic rings. The predicted octanol–water partition coefficient (Wildman–Crippen LogP) is 2.66. The number of carbonyl (C=O) groups is 2. The van der Waals surface area contributed by atoms with Crippen LogP contribution in [-0.2, 0) is 4.79 Å². The second kappa shape index (κ2) is 7.73. The molecule has 1 saturated carbocycles. The molecule has 1 saturated heterocycles. The van der Waals surface area contributed by atoms with Gasteiger partial charge in [-0.1, -0.05) is 12.1 Å². The Morgan fingerprint density at radius 1 is 1.21 bits per heavy atom. The first kappa shape index (κ1) is 18.7. The minimum atomic E-state index is -0.108. The fourth-order valence-electron chi connectivity index (χ4n) is 3.79. The lowest BCUT2D eigenvalue weighted by atomic mass is 10.0. The SMILES string of the molecule is CC(C)n1ncnc1-c1cccc(C(=O)NC2CCCN(C(=O)C3CC3)C2)c1. The third-order valence-corrected chi connectivity index (χ3v) is 5.44. The van der Waals surface area contributed by atoms with Crippen LogP contribution in [0.5, 0.6) is 0 Å². The van der Waals surface area contributed by atoms with Crippen LogP contribution in [0.1, 0.15) is 55.9 Å². The molecule has 1 aliphatic carbocycles. The van der Waals surface area contributed by atoms with E-state index in [2.05, 4.69) is 15.4 Å². The zero-order valence-corrected chi connectivity index (χ0v) is 16.5. The smallest absolute Gasteiger partial charge is 0.251 e. The summed E-state index contributed by atoms with van der Waals surface area (Å²) in [7, 11) is 0. The van der Waals surface area contributed by atoms with Crippen LogP contribution < -0.4 is 5.32 Å². The summed E-state index contributed by atoms with van der Waals surface area (Å²) in [5.74, 6) is 1.13. The summed E-state index contributed by atoms with van der Waals surface area (Å²) in [5, 5.41) is 7.39. The van der Waals surface area contributed by atoms with Crippen molar-refractivity contribution in [3.8, 4) is 11.4 Å². The fraction of sp³-hybridized carbons (Fsp3) is 0.524. The molecule has 1 N–H and O–H groups in total. The van der Waals surface area contributed by atoms with Gasteiger partial charge in [0.25, 0.3) is 5.91 Å². The Bertz CT molecular complexity index is 871. The van der Waals surface area contributed by atoms with E-state index in [1.807, 2.05) is 47.7 Å². The van der Waals surface area contributed by atoms with Crippen LogP contribution >= 0.6 is 0 Å². The molecule has 28 heavy (non-hydrogen) atoms. The molecule has 1 atom stereocenters. The van der Waals surface area contributed by atoms with E-state index < -0.39 is 0 Å². The Kier molecular flexibility index (Phi) is 5.15. The van der Waals surface area contributed by atoms with E-state index >= 15 is 0 Å². The van der Waals surface area contributed by atoms with E-state index in [9.17, 15) is 9.59 Å². The van der Waals surface area contributed by atoms with Crippen molar-refractivity contribution in [2.45, 2.75) is 51.6 Å². The van der Waals surface area contributed by atoms with Crippen molar-refractivity contribution in [3.63, 3.8) is 0 Å². The zero-order valence-electron chi connectivity index (χ0n) is 16.5. The first-order chi connectivity index (χ1) is 13.5. The lowest BCUT2D eigenvalue weighted by molar-refractivity contribution is -0.133. The molecule has 2 aliphatic rings. The third kappa shape index (κ3) is 3.93. The largest absolute Gasteiger partial charge is 0.348 e. The number of aromatic nitrogens is 3. The number of piperidine rings is 1. The highest BCUT2D eigenvalue weighted by molar-refractivity contribution is 5.95. The van der Waals surface area contributed by atoms with Crippen molar-refractivity contribution in [1.82, 2.24) is 25.0 Å². The van der Waals surface area contributed by atoms with Gasteiger partial charge in [0.2, 0.25) is 5.91 Å². The average Bonchev–Trinajstić information content (AvgIpc) is 3.43. The molecule has 0 spiro atoms. The summed E-state index contributed by atoms with van der Waals surface area (Å²) in [6, 6.07) is 7.67. The molecule has 2 fully saturated rings. The summed E-state index contributed by atoms with van der Waals surface area (Å²) in [6.07, 6.45) is 5.40. The van der Waals surface area contributed by atoms with Crippen LogP contribution in [0, 0.1) is 5.92 Å². The fourth-order valence-corrected chi connectivity index (χ4v) is 3.79. The van der Waals surface area contributed by atoms with Crippen LogP contribution in [-0.4, -0.2) is 50.6 Å². The molecule has 1 unspecified atom stereocenters. The van der Waals surface area contributed by atoms with Crippen molar-refractivity contribution >= 4 is 11.8 Å². The molecular formula is C21H27N5O2. The van der Waals surface area contributed by atoms with Gasteiger partial charge in [-0.05, 0) is 51.7 Å². The van der Waals surface area contributed by atoms with Crippen molar-refractivity contribution in [3.05, 3.63) is 36.2 Å². The zero-order chi connectivity index (χ0) is 19.7. The molecule has 1 aromatic carbocycles. The number of benzene rings is 1. The van der Waals surface area contributed by atoms with Gasteiger partial charge < -0.3 is 10.2 Å². The summed E-state index contributed by atoms with van der Waals surface area (Å²) in [6.45, 7) is 5.52.